The van der Waals surface area contributed by atoms with E-state index in [0.29, 0.717) is 16.0 Å². The van der Waals surface area contributed by atoms with Gasteiger partial charge in [-0.2, -0.15) is 4.73 Å². The van der Waals surface area contributed by atoms with E-state index in [2.05, 4.69) is 0 Å². The first-order valence-electron chi connectivity index (χ1n) is 5.26. The maximum absolute atomic E-state index is 11.9. The topological polar surface area (TPSA) is 64.2 Å². The van der Waals surface area contributed by atoms with E-state index in [1.54, 1.807) is 18.2 Å². The fourth-order valence-electron chi connectivity index (χ4n) is 1.55. The Morgan fingerprint density at radius 1 is 1.33 bits per heavy atom. The zero-order valence-electron chi connectivity index (χ0n) is 9.34. The Bertz CT molecular complexity index is 599. The number of Topliss-reactive ketones (excluding diaryl/α,β-unsaturated/α-hetero) is 1. The van der Waals surface area contributed by atoms with Gasteiger partial charge < -0.3 is 10.3 Å². The molecule has 0 aliphatic rings. The van der Waals surface area contributed by atoms with Crippen molar-refractivity contribution in [1.82, 2.24) is 0 Å². The maximum Gasteiger partial charge on any atom is 0.200 e. The van der Waals surface area contributed by atoms with Crippen LogP contribution < -0.4 is 4.73 Å². The third kappa shape index (κ3) is 2.60. The van der Waals surface area contributed by atoms with Gasteiger partial charge in [-0.05, 0) is 24.3 Å². The molecule has 1 heterocycles. The minimum atomic E-state index is -0.229. The first-order valence-corrected chi connectivity index (χ1v) is 5.64. The molecule has 92 valence electrons. The molecule has 2 rings (SSSR count). The molecule has 0 saturated carbocycles. The van der Waals surface area contributed by atoms with Crippen LogP contribution in [0.4, 0.5) is 0 Å². The lowest BCUT2D eigenvalue weighted by molar-refractivity contribution is -0.613. The number of phenolic OH excluding ortho intramolecular Hbond substituents is 1. The zero-order chi connectivity index (χ0) is 13.1. The molecule has 0 fully saturated rings. The molecule has 0 aliphatic carbocycles. The number of carbonyl (C=O) groups is 1. The number of benzene rings is 1. The first-order chi connectivity index (χ1) is 8.58. The van der Waals surface area contributed by atoms with Gasteiger partial charge in [-0.3, -0.25) is 4.79 Å². The van der Waals surface area contributed by atoms with Crippen molar-refractivity contribution in [1.29, 1.82) is 0 Å². The number of carbonyl (C=O) groups excluding carboxylic acids is 1. The number of aromatic hydroxyl groups is 1. The molecule has 0 radical (unpaired) electrons. The molecule has 0 unspecified atom stereocenters. The second kappa shape index (κ2) is 5.06. The summed E-state index contributed by atoms with van der Waals surface area (Å²) < 4.78 is 0.653. The number of rotatable bonds is 3. The summed E-state index contributed by atoms with van der Waals surface area (Å²) in [5, 5.41) is 20.8. The molecule has 18 heavy (non-hydrogen) atoms. The summed E-state index contributed by atoms with van der Waals surface area (Å²) in [5.74, 6) is -0.306. The third-order valence-electron chi connectivity index (χ3n) is 2.52. The molecule has 2 aromatic rings. The molecule has 1 N–H and O–H groups in total. The standard InChI is InChI=1S/C13H10ClNO3/c14-11-7-9(4-5-12(11)16)13(17)8-10-3-1-2-6-15(10)18/h1-7,16H,8H2. The van der Waals surface area contributed by atoms with Crippen molar-refractivity contribution >= 4 is 17.4 Å². The van der Waals surface area contributed by atoms with Crippen LogP contribution in [0.3, 0.4) is 0 Å². The second-order valence-corrected chi connectivity index (χ2v) is 4.19. The van der Waals surface area contributed by atoms with E-state index in [-0.39, 0.29) is 23.0 Å². The number of aromatic nitrogens is 1. The highest BCUT2D eigenvalue weighted by molar-refractivity contribution is 6.32. The van der Waals surface area contributed by atoms with Gasteiger partial charge in [0.25, 0.3) is 0 Å². The van der Waals surface area contributed by atoms with Crippen molar-refractivity contribution in [2.45, 2.75) is 6.42 Å². The molecule has 0 atom stereocenters. The monoisotopic (exact) mass is 263 g/mol. The normalized spacial score (nSPS) is 10.3. The summed E-state index contributed by atoms with van der Waals surface area (Å²) in [5.41, 5.74) is 0.730. The van der Waals surface area contributed by atoms with Gasteiger partial charge in [0.15, 0.2) is 12.0 Å². The summed E-state index contributed by atoms with van der Waals surface area (Å²) in [4.78, 5) is 11.9. The number of hydrogen-bond acceptors (Lipinski definition) is 3. The summed E-state index contributed by atoms with van der Waals surface area (Å²) in [6.07, 6.45) is 1.33. The smallest absolute Gasteiger partial charge is 0.200 e. The van der Waals surface area contributed by atoms with E-state index >= 15 is 0 Å². The van der Waals surface area contributed by atoms with Crippen LogP contribution in [0.5, 0.6) is 5.75 Å². The Morgan fingerprint density at radius 2 is 2.11 bits per heavy atom. The van der Waals surface area contributed by atoms with Crippen molar-refractivity contribution in [3.8, 4) is 5.75 Å². The van der Waals surface area contributed by atoms with Crippen LogP contribution in [0.25, 0.3) is 0 Å². The zero-order valence-corrected chi connectivity index (χ0v) is 10.1. The van der Waals surface area contributed by atoms with Gasteiger partial charge in [0, 0.05) is 17.7 Å². The minimum absolute atomic E-state index is 0.00849. The molecule has 0 spiro atoms. The van der Waals surface area contributed by atoms with Crippen LogP contribution in [0.15, 0.2) is 42.6 Å². The number of halogens is 1. The molecule has 1 aromatic heterocycles. The van der Waals surface area contributed by atoms with E-state index in [1.807, 2.05) is 0 Å². The van der Waals surface area contributed by atoms with Gasteiger partial charge in [-0.1, -0.05) is 11.6 Å². The Morgan fingerprint density at radius 3 is 2.78 bits per heavy atom. The molecule has 1 aromatic carbocycles. The van der Waals surface area contributed by atoms with Crippen molar-refractivity contribution in [2.24, 2.45) is 0 Å². The lowest BCUT2D eigenvalue weighted by Crippen LogP contribution is -2.32. The van der Waals surface area contributed by atoms with Gasteiger partial charge >= 0.3 is 0 Å². The molecule has 5 heteroatoms. The first kappa shape index (κ1) is 12.4. The Kier molecular flexibility index (Phi) is 3.48. The maximum atomic E-state index is 11.9. The molecular weight excluding hydrogens is 254 g/mol. The number of nitrogens with zero attached hydrogens (tertiary/aromatic N) is 1. The summed E-state index contributed by atoms with van der Waals surface area (Å²) in [6.45, 7) is 0. The molecule has 0 bridgehead atoms. The van der Waals surface area contributed by atoms with E-state index < -0.39 is 0 Å². The molecule has 0 saturated heterocycles. The van der Waals surface area contributed by atoms with E-state index in [1.165, 1.54) is 24.4 Å². The van der Waals surface area contributed by atoms with Crippen LogP contribution >= 0.6 is 11.6 Å². The average molecular weight is 264 g/mol. The lowest BCUT2D eigenvalue weighted by Gasteiger charge is -2.04. The predicted molar refractivity (Wildman–Crippen MR) is 66.6 cm³/mol. The van der Waals surface area contributed by atoms with Crippen molar-refractivity contribution < 1.29 is 14.6 Å². The van der Waals surface area contributed by atoms with E-state index in [0.717, 1.165) is 0 Å². The Hall–Kier alpha value is -2.07. The van der Waals surface area contributed by atoms with Crippen LogP contribution in [-0.2, 0) is 6.42 Å². The predicted octanol–water partition coefficient (Wildman–Crippen LogP) is 2.10. The number of phenols is 1. The van der Waals surface area contributed by atoms with Gasteiger partial charge in [-0.25, -0.2) is 0 Å². The second-order valence-electron chi connectivity index (χ2n) is 3.78. The average Bonchev–Trinajstić information content (AvgIpc) is 2.35. The molecule has 0 aliphatic heterocycles. The van der Waals surface area contributed by atoms with Crippen molar-refractivity contribution in [2.75, 3.05) is 0 Å². The highest BCUT2D eigenvalue weighted by atomic mass is 35.5. The fraction of sp³-hybridized carbons (Fsp3) is 0.0769. The van der Waals surface area contributed by atoms with Crippen LogP contribution in [0.1, 0.15) is 16.1 Å². The Labute approximate surface area is 109 Å². The van der Waals surface area contributed by atoms with E-state index in [9.17, 15) is 15.1 Å². The van der Waals surface area contributed by atoms with Crippen LogP contribution in [-0.4, -0.2) is 10.9 Å². The summed E-state index contributed by atoms with van der Waals surface area (Å²) in [6, 6.07) is 9.09. The van der Waals surface area contributed by atoms with Crippen molar-refractivity contribution in [3.05, 3.63) is 64.1 Å². The largest absolute Gasteiger partial charge is 0.618 e. The van der Waals surface area contributed by atoms with Crippen LogP contribution in [0, 0.1) is 5.21 Å². The molecule has 0 amide bonds. The Balaban J connectivity index is 2.22. The minimum Gasteiger partial charge on any atom is -0.618 e. The summed E-state index contributed by atoms with van der Waals surface area (Å²) >= 11 is 5.72. The van der Waals surface area contributed by atoms with Crippen molar-refractivity contribution in [3.63, 3.8) is 0 Å². The number of ketones is 1. The molecular formula is C13H10ClNO3. The third-order valence-corrected chi connectivity index (χ3v) is 2.82. The quantitative estimate of drug-likeness (QED) is 0.524. The summed E-state index contributed by atoms with van der Waals surface area (Å²) in [7, 11) is 0. The van der Waals surface area contributed by atoms with Gasteiger partial charge in [-0.15, -0.1) is 0 Å². The lowest BCUT2D eigenvalue weighted by atomic mass is 10.1. The van der Waals surface area contributed by atoms with Gasteiger partial charge in [0.05, 0.1) is 11.4 Å². The van der Waals surface area contributed by atoms with Gasteiger partial charge in [0.2, 0.25) is 5.69 Å². The van der Waals surface area contributed by atoms with Crippen LogP contribution in [0.2, 0.25) is 5.02 Å². The highest BCUT2D eigenvalue weighted by Crippen LogP contribution is 2.24. The number of hydrogen-bond donors (Lipinski definition) is 1. The number of pyridine rings is 1. The van der Waals surface area contributed by atoms with Gasteiger partial charge in [0.1, 0.15) is 5.75 Å². The SMILES string of the molecule is O=C(Cc1cccc[n+]1[O-])c1ccc(O)c(Cl)c1. The molecule has 4 nitrogen and oxygen atoms in total. The fourth-order valence-corrected chi connectivity index (χ4v) is 1.73. The van der Waals surface area contributed by atoms with E-state index in [4.69, 9.17) is 11.6 Å². The highest BCUT2D eigenvalue weighted by Gasteiger charge is 2.14.